The predicted octanol–water partition coefficient (Wildman–Crippen LogP) is 4.71. The third-order valence-corrected chi connectivity index (χ3v) is 4.56. The van der Waals surface area contributed by atoms with Crippen LogP contribution in [0.1, 0.15) is 29.4 Å². The Kier molecular flexibility index (Phi) is 4.28. The highest BCUT2D eigenvalue weighted by Gasteiger charge is 2.11. The average Bonchev–Trinajstić information content (AvgIpc) is 2.64. The van der Waals surface area contributed by atoms with Gasteiger partial charge in [0.15, 0.2) is 0 Å². The van der Waals surface area contributed by atoms with Crippen LogP contribution in [-0.4, -0.2) is 9.78 Å². The van der Waals surface area contributed by atoms with Gasteiger partial charge in [0.25, 0.3) is 0 Å². The second kappa shape index (κ2) is 5.57. The molecule has 18 heavy (non-hydrogen) atoms. The van der Waals surface area contributed by atoms with Gasteiger partial charge in [-0.15, -0.1) is 0 Å². The fourth-order valence-corrected chi connectivity index (χ4v) is 3.59. The zero-order valence-electron chi connectivity index (χ0n) is 10.8. The van der Waals surface area contributed by atoms with Crippen molar-refractivity contribution in [3.63, 3.8) is 0 Å². The standard InChI is InChI=1S/C14H16Br2N2/c1-4-13-9(2)17-18(10(13)3)12-6-5-11(8-15)14(16)7-12/h5-7H,4,8H2,1-3H3. The highest BCUT2D eigenvalue weighted by atomic mass is 79.9. The topological polar surface area (TPSA) is 17.8 Å². The van der Waals surface area contributed by atoms with Crippen LogP contribution in [0.4, 0.5) is 0 Å². The van der Waals surface area contributed by atoms with Crippen molar-refractivity contribution in [2.24, 2.45) is 0 Å². The lowest BCUT2D eigenvalue weighted by Crippen LogP contribution is -2.00. The molecule has 0 unspecified atom stereocenters. The molecule has 0 aliphatic carbocycles. The lowest BCUT2D eigenvalue weighted by atomic mass is 10.1. The largest absolute Gasteiger partial charge is 0.238 e. The molecular weight excluding hydrogens is 356 g/mol. The summed E-state index contributed by atoms with van der Waals surface area (Å²) in [4.78, 5) is 0. The Hall–Kier alpha value is -0.610. The van der Waals surface area contributed by atoms with Crippen molar-refractivity contribution in [3.8, 4) is 5.69 Å². The van der Waals surface area contributed by atoms with Crippen LogP contribution in [0.3, 0.4) is 0 Å². The molecule has 1 heterocycles. The average molecular weight is 372 g/mol. The van der Waals surface area contributed by atoms with E-state index in [2.05, 4.69) is 75.9 Å². The Labute approximate surface area is 125 Å². The number of nitrogens with zero attached hydrogens (tertiary/aromatic N) is 2. The van der Waals surface area contributed by atoms with Crippen LogP contribution >= 0.6 is 31.9 Å². The normalized spacial score (nSPS) is 10.9. The first-order valence-electron chi connectivity index (χ1n) is 5.98. The highest BCUT2D eigenvalue weighted by molar-refractivity contribution is 9.10. The number of benzene rings is 1. The van der Waals surface area contributed by atoms with E-state index in [0.717, 1.165) is 27.6 Å². The minimum Gasteiger partial charge on any atom is -0.238 e. The van der Waals surface area contributed by atoms with E-state index in [4.69, 9.17) is 0 Å². The zero-order chi connectivity index (χ0) is 13.3. The Morgan fingerprint density at radius 2 is 2.00 bits per heavy atom. The summed E-state index contributed by atoms with van der Waals surface area (Å²) >= 11 is 7.08. The number of hydrogen-bond donors (Lipinski definition) is 0. The summed E-state index contributed by atoms with van der Waals surface area (Å²) in [6.45, 7) is 6.38. The van der Waals surface area contributed by atoms with Gasteiger partial charge in [0.1, 0.15) is 0 Å². The first-order valence-corrected chi connectivity index (χ1v) is 7.89. The molecule has 0 amide bonds. The molecule has 4 heteroatoms. The fourth-order valence-electron chi connectivity index (χ4n) is 2.21. The molecule has 0 radical (unpaired) electrons. The van der Waals surface area contributed by atoms with E-state index in [1.165, 1.54) is 16.8 Å². The minimum atomic E-state index is 0.852. The molecule has 0 atom stereocenters. The third-order valence-electron chi connectivity index (χ3n) is 3.22. The van der Waals surface area contributed by atoms with E-state index in [-0.39, 0.29) is 0 Å². The molecule has 0 aliphatic heterocycles. The van der Waals surface area contributed by atoms with Gasteiger partial charge in [-0.25, -0.2) is 4.68 Å². The first kappa shape index (κ1) is 13.8. The van der Waals surface area contributed by atoms with Crippen molar-refractivity contribution in [3.05, 3.63) is 45.2 Å². The van der Waals surface area contributed by atoms with Crippen molar-refractivity contribution in [2.45, 2.75) is 32.5 Å². The molecule has 96 valence electrons. The van der Waals surface area contributed by atoms with E-state index < -0.39 is 0 Å². The number of hydrogen-bond acceptors (Lipinski definition) is 1. The van der Waals surface area contributed by atoms with Crippen LogP contribution in [0.2, 0.25) is 0 Å². The summed E-state index contributed by atoms with van der Waals surface area (Å²) in [5.41, 5.74) is 6.04. The van der Waals surface area contributed by atoms with E-state index in [0.29, 0.717) is 0 Å². The maximum absolute atomic E-state index is 4.63. The first-order chi connectivity index (χ1) is 8.58. The van der Waals surface area contributed by atoms with Crippen LogP contribution < -0.4 is 0 Å². The van der Waals surface area contributed by atoms with Gasteiger partial charge in [0, 0.05) is 15.5 Å². The van der Waals surface area contributed by atoms with E-state index in [9.17, 15) is 0 Å². The van der Waals surface area contributed by atoms with E-state index in [1.807, 2.05) is 4.68 Å². The van der Waals surface area contributed by atoms with Gasteiger partial charge in [-0.3, -0.25) is 0 Å². The van der Waals surface area contributed by atoms with Crippen LogP contribution in [-0.2, 0) is 11.8 Å². The minimum absolute atomic E-state index is 0.852. The lowest BCUT2D eigenvalue weighted by molar-refractivity contribution is 0.831. The molecule has 0 spiro atoms. The molecule has 2 aromatic rings. The number of rotatable bonds is 3. The van der Waals surface area contributed by atoms with Crippen molar-refractivity contribution in [2.75, 3.05) is 0 Å². The number of aryl methyl sites for hydroxylation is 1. The molecule has 2 nitrogen and oxygen atoms in total. The van der Waals surface area contributed by atoms with Gasteiger partial charge in [0.05, 0.1) is 11.4 Å². The van der Waals surface area contributed by atoms with Crippen LogP contribution in [0.15, 0.2) is 22.7 Å². The second-order valence-corrected chi connectivity index (χ2v) is 5.74. The smallest absolute Gasteiger partial charge is 0.0660 e. The summed E-state index contributed by atoms with van der Waals surface area (Å²) in [6.07, 6.45) is 1.03. The summed E-state index contributed by atoms with van der Waals surface area (Å²) < 4.78 is 3.14. The predicted molar refractivity (Wildman–Crippen MR) is 82.7 cm³/mol. The molecule has 1 aromatic carbocycles. The van der Waals surface area contributed by atoms with E-state index >= 15 is 0 Å². The van der Waals surface area contributed by atoms with Crippen molar-refractivity contribution in [1.29, 1.82) is 0 Å². The zero-order valence-corrected chi connectivity index (χ0v) is 14.0. The molecule has 1 aromatic heterocycles. The molecule has 0 bridgehead atoms. The van der Waals surface area contributed by atoms with Gasteiger partial charge >= 0.3 is 0 Å². The fraction of sp³-hybridized carbons (Fsp3) is 0.357. The molecule has 0 saturated carbocycles. The number of halogens is 2. The maximum Gasteiger partial charge on any atom is 0.0660 e. The second-order valence-electron chi connectivity index (χ2n) is 4.32. The quantitative estimate of drug-likeness (QED) is 0.714. The molecule has 2 rings (SSSR count). The number of aromatic nitrogens is 2. The summed E-state index contributed by atoms with van der Waals surface area (Å²) in [5.74, 6) is 0. The summed E-state index contributed by atoms with van der Waals surface area (Å²) in [7, 11) is 0. The van der Waals surface area contributed by atoms with Gasteiger partial charge in [-0.2, -0.15) is 5.10 Å². The van der Waals surface area contributed by atoms with Crippen LogP contribution in [0.25, 0.3) is 5.69 Å². The van der Waals surface area contributed by atoms with Crippen molar-refractivity contribution in [1.82, 2.24) is 9.78 Å². The molecule has 0 N–H and O–H groups in total. The molecule has 0 fully saturated rings. The maximum atomic E-state index is 4.63. The summed E-state index contributed by atoms with van der Waals surface area (Å²) in [6, 6.07) is 6.35. The molecule has 0 saturated heterocycles. The van der Waals surface area contributed by atoms with Crippen molar-refractivity contribution < 1.29 is 0 Å². The van der Waals surface area contributed by atoms with Gasteiger partial charge in [-0.05, 0) is 43.5 Å². The van der Waals surface area contributed by atoms with Crippen molar-refractivity contribution >= 4 is 31.9 Å². The lowest BCUT2D eigenvalue weighted by Gasteiger charge is -2.08. The van der Waals surface area contributed by atoms with Crippen LogP contribution in [0.5, 0.6) is 0 Å². The molecule has 0 aliphatic rings. The van der Waals surface area contributed by atoms with E-state index in [1.54, 1.807) is 0 Å². The van der Waals surface area contributed by atoms with Crippen LogP contribution in [0, 0.1) is 13.8 Å². The number of alkyl halides is 1. The third kappa shape index (κ3) is 2.41. The Morgan fingerprint density at radius 1 is 1.28 bits per heavy atom. The Morgan fingerprint density at radius 3 is 2.50 bits per heavy atom. The Balaban J connectivity index is 2.52. The van der Waals surface area contributed by atoms with Gasteiger partial charge < -0.3 is 0 Å². The SMILES string of the molecule is CCc1c(C)nn(-c2ccc(CBr)c(Br)c2)c1C. The highest BCUT2D eigenvalue weighted by Crippen LogP contribution is 2.25. The monoisotopic (exact) mass is 370 g/mol. The summed E-state index contributed by atoms with van der Waals surface area (Å²) in [5, 5.41) is 5.48. The van der Waals surface area contributed by atoms with Gasteiger partial charge in [-0.1, -0.05) is 44.8 Å². The Bertz CT molecular complexity index is 573. The molecular formula is C14H16Br2N2. The van der Waals surface area contributed by atoms with Gasteiger partial charge in [0.2, 0.25) is 0 Å².